The molecule has 3 rings (SSSR count). The second kappa shape index (κ2) is 12.7. The van der Waals surface area contributed by atoms with Crippen molar-refractivity contribution >= 4 is 11.9 Å². The van der Waals surface area contributed by atoms with Crippen molar-refractivity contribution in [2.24, 2.45) is 5.92 Å². The second-order valence-electron chi connectivity index (χ2n) is 8.67. The fourth-order valence-corrected chi connectivity index (χ4v) is 3.59. The van der Waals surface area contributed by atoms with Crippen LogP contribution < -0.4 is 0 Å². The SMILES string of the molecule is CC(C)CN(CC(=O)OCc1ccccc1)CC(=O)N(Cc1ccc(F)cc1)Cc1ccco1. The van der Waals surface area contributed by atoms with Gasteiger partial charge in [-0.2, -0.15) is 0 Å². The predicted molar refractivity (Wildman–Crippen MR) is 127 cm³/mol. The van der Waals surface area contributed by atoms with E-state index in [-0.39, 0.29) is 49.9 Å². The molecule has 0 aliphatic carbocycles. The maximum Gasteiger partial charge on any atom is 0.320 e. The fourth-order valence-electron chi connectivity index (χ4n) is 3.59. The summed E-state index contributed by atoms with van der Waals surface area (Å²) in [6.45, 7) is 5.47. The highest BCUT2D eigenvalue weighted by atomic mass is 19.1. The number of rotatable bonds is 12. The Labute approximate surface area is 199 Å². The van der Waals surface area contributed by atoms with E-state index in [1.807, 2.05) is 44.2 Å². The summed E-state index contributed by atoms with van der Waals surface area (Å²) in [6.07, 6.45) is 1.56. The molecule has 34 heavy (non-hydrogen) atoms. The first kappa shape index (κ1) is 25.2. The van der Waals surface area contributed by atoms with Crippen molar-refractivity contribution in [2.45, 2.75) is 33.5 Å². The van der Waals surface area contributed by atoms with Crippen molar-refractivity contribution in [3.63, 3.8) is 0 Å². The Kier molecular flexibility index (Phi) is 9.40. The third kappa shape index (κ3) is 8.48. The highest BCUT2D eigenvalue weighted by Gasteiger charge is 2.22. The number of amides is 1. The highest BCUT2D eigenvalue weighted by Crippen LogP contribution is 2.13. The van der Waals surface area contributed by atoms with Crippen LogP contribution >= 0.6 is 0 Å². The van der Waals surface area contributed by atoms with E-state index >= 15 is 0 Å². The number of hydrogen-bond acceptors (Lipinski definition) is 5. The van der Waals surface area contributed by atoms with Crippen LogP contribution in [-0.2, 0) is 34.0 Å². The molecule has 1 amide bonds. The number of esters is 1. The summed E-state index contributed by atoms with van der Waals surface area (Å²) in [5.74, 6) is 0.0360. The quantitative estimate of drug-likeness (QED) is 0.364. The molecule has 0 saturated heterocycles. The van der Waals surface area contributed by atoms with Gasteiger partial charge in [-0.15, -0.1) is 0 Å². The topological polar surface area (TPSA) is 63.0 Å². The minimum Gasteiger partial charge on any atom is -0.467 e. The molecule has 3 aromatic rings. The number of carbonyl (C=O) groups excluding carboxylic acids is 2. The van der Waals surface area contributed by atoms with Crippen LogP contribution in [0.5, 0.6) is 0 Å². The first-order valence-corrected chi connectivity index (χ1v) is 11.4. The minimum atomic E-state index is -0.381. The van der Waals surface area contributed by atoms with Crippen LogP contribution in [0.25, 0.3) is 0 Å². The third-order valence-corrected chi connectivity index (χ3v) is 5.14. The van der Waals surface area contributed by atoms with E-state index in [4.69, 9.17) is 9.15 Å². The summed E-state index contributed by atoms with van der Waals surface area (Å²) in [4.78, 5) is 29.3. The van der Waals surface area contributed by atoms with Gasteiger partial charge in [-0.3, -0.25) is 14.5 Å². The molecule has 1 heterocycles. The molecular weight excluding hydrogens is 435 g/mol. The number of hydrogen-bond donors (Lipinski definition) is 0. The zero-order chi connectivity index (χ0) is 24.3. The first-order valence-electron chi connectivity index (χ1n) is 11.4. The molecule has 0 spiro atoms. The standard InChI is InChI=1S/C27H31FN2O4/c1-21(2)15-29(19-27(32)34-20-23-7-4-3-5-8-23)18-26(31)30(17-25-9-6-14-33-25)16-22-10-12-24(28)13-11-22/h3-14,21H,15-20H2,1-2H3. The zero-order valence-corrected chi connectivity index (χ0v) is 19.7. The maximum atomic E-state index is 13.3. The molecule has 0 saturated carbocycles. The first-order chi connectivity index (χ1) is 16.4. The Morgan fingerprint density at radius 2 is 1.65 bits per heavy atom. The van der Waals surface area contributed by atoms with Gasteiger partial charge in [0.1, 0.15) is 18.2 Å². The Balaban J connectivity index is 1.65. The Hall–Kier alpha value is -3.45. The van der Waals surface area contributed by atoms with Crippen molar-refractivity contribution in [1.82, 2.24) is 9.80 Å². The van der Waals surface area contributed by atoms with E-state index in [0.717, 1.165) is 11.1 Å². The predicted octanol–water partition coefficient (Wildman–Crippen LogP) is 4.65. The van der Waals surface area contributed by atoms with E-state index in [9.17, 15) is 14.0 Å². The fraction of sp³-hybridized carbons (Fsp3) is 0.333. The van der Waals surface area contributed by atoms with Gasteiger partial charge in [0.05, 0.1) is 25.9 Å². The normalized spacial score (nSPS) is 11.1. The number of carbonyl (C=O) groups is 2. The molecule has 7 heteroatoms. The zero-order valence-electron chi connectivity index (χ0n) is 19.7. The minimum absolute atomic E-state index is 0.0158. The van der Waals surface area contributed by atoms with Crippen molar-refractivity contribution < 1.29 is 23.1 Å². The van der Waals surface area contributed by atoms with Crippen LogP contribution in [0.1, 0.15) is 30.7 Å². The Bertz CT molecular complexity index is 1020. The van der Waals surface area contributed by atoms with E-state index in [1.165, 1.54) is 12.1 Å². The Morgan fingerprint density at radius 3 is 2.29 bits per heavy atom. The average molecular weight is 467 g/mol. The monoisotopic (exact) mass is 466 g/mol. The summed E-state index contributed by atoms with van der Waals surface area (Å²) in [7, 11) is 0. The molecule has 2 aromatic carbocycles. The van der Waals surface area contributed by atoms with Gasteiger partial charge in [0.15, 0.2) is 0 Å². The number of furan rings is 1. The van der Waals surface area contributed by atoms with Gasteiger partial charge in [-0.25, -0.2) is 4.39 Å². The second-order valence-corrected chi connectivity index (χ2v) is 8.67. The van der Waals surface area contributed by atoms with Crippen LogP contribution in [0.3, 0.4) is 0 Å². The van der Waals surface area contributed by atoms with Crippen molar-refractivity contribution in [2.75, 3.05) is 19.6 Å². The molecule has 0 N–H and O–H groups in total. The third-order valence-electron chi connectivity index (χ3n) is 5.14. The molecule has 1 aromatic heterocycles. The van der Waals surface area contributed by atoms with E-state index in [2.05, 4.69) is 0 Å². The molecule has 0 radical (unpaired) electrons. The summed E-state index contributed by atoms with van der Waals surface area (Å²) in [5, 5.41) is 0. The smallest absolute Gasteiger partial charge is 0.320 e. The summed E-state index contributed by atoms with van der Waals surface area (Å²) >= 11 is 0. The number of ether oxygens (including phenoxy) is 1. The number of nitrogens with zero attached hydrogens (tertiary/aromatic N) is 2. The van der Waals surface area contributed by atoms with Crippen LogP contribution in [0.2, 0.25) is 0 Å². The lowest BCUT2D eigenvalue weighted by atomic mass is 10.2. The maximum absolute atomic E-state index is 13.3. The van der Waals surface area contributed by atoms with Crippen LogP contribution in [0.4, 0.5) is 4.39 Å². The van der Waals surface area contributed by atoms with Crippen molar-refractivity contribution in [1.29, 1.82) is 0 Å². The van der Waals surface area contributed by atoms with Crippen molar-refractivity contribution in [3.05, 3.63) is 95.7 Å². The summed E-state index contributed by atoms with van der Waals surface area (Å²) in [6, 6.07) is 19.1. The number of halogens is 1. The van der Waals surface area contributed by atoms with Gasteiger partial charge >= 0.3 is 5.97 Å². The molecule has 0 unspecified atom stereocenters. The Morgan fingerprint density at radius 1 is 0.912 bits per heavy atom. The lowest BCUT2D eigenvalue weighted by Crippen LogP contribution is -2.43. The lowest BCUT2D eigenvalue weighted by molar-refractivity contribution is -0.147. The van der Waals surface area contributed by atoms with Crippen LogP contribution in [-0.4, -0.2) is 41.3 Å². The van der Waals surface area contributed by atoms with Gasteiger partial charge in [0.25, 0.3) is 0 Å². The van der Waals surface area contributed by atoms with Gasteiger partial charge in [0, 0.05) is 13.1 Å². The van der Waals surface area contributed by atoms with Crippen LogP contribution in [0.15, 0.2) is 77.4 Å². The molecule has 180 valence electrons. The molecule has 0 aliphatic heterocycles. The van der Waals surface area contributed by atoms with Crippen molar-refractivity contribution in [3.8, 4) is 0 Å². The van der Waals surface area contributed by atoms with Gasteiger partial charge in [-0.05, 0) is 41.3 Å². The van der Waals surface area contributed by atoms with E-state index in [1.54, 1.807) is 40.3 Å². The average Bonchev–Trinajstić information content (AvgIpc) is 3.32. The molecule has 0 fully saturated rings. The highest BCUT2D eigenvalue weighted by molar-refractivity contribution is 5.79. The number of benzene rings is 2. The largest absolute Gasteiger partial charge is 0.467 e. The van der Waals surface area contributed by atoms with Gasteiger partial charge in [0.2, 0.25) is 5.91 Å². The summed E-state index contributed by atoms with van der Waals surface area (Å²) in [5.41, 5.74) is 1.71. The lowest BCUT2D eigenvalue weighted by Gasteiger charge is -2.27. The molecule has 0 aliphatic rings. The van der Waals surface area contributed by atoms with E-state index < -0.39 is 0 Å². The molecular formula is C27H31FN2O4. The van der Waals surface area contributed by atoms with E-state index in [0.29, 0.717) is 18.8 Å². The molecule has 0 bridgehead atoms. The van der Waals surface area contributed by atoms with Gasteiger partial charge < -0.3 is 14.1 Å². The molecule has 0 atom stereocenters. The summed E-state index contributed by atoms with van der Waals surface area (Å²) < 4.78 is 24.2. The molecule has 6 nitrogen and oxygen atoms in total. The van der Waals surface area contributed by atoms with Gasteiger partial charge in [-0.1, -0.05) is 56.3 Å². The van der Waals surface area contributed by atoms with Crippen LogP contribution in [0, 0.1) is 11.7 Å².